The van der Waals surface area contributed by atoms with Crippen molar-refractivity contribution in [1.82, 2.24) is 20.0 Å². The van der Waals surface area contributed by atoms with Gasteiger partial charge in [0, 0.05) is 44.7 Å². The van der Waals surface area contributed by atoms with Gasteiger partial charge < -0.3 is 14.1 Å². The van der Waals surface area contributed by atoms with Crippen LogP contribution in [-0.2, 0) is 11.2 Å². The van der Waals surface area contributed by atoms with E-state index in [4.69, 9.17) is 9.15 Å². The molecule has 7 heteroatoms. The zero-order chi connectivity index (χ0) is 16.8. The van der Waals surface area contributed by atoms with Gasteiger partial charge in [0.05, 0.1) is 6.61 Å². The van der Waals surface area contributed by atoms with E-state index >= 15 is 0 Å². The van der Waals surface area contributed by atoms with Crippen LogP contribution in [0.3, 0.4) is 0 Å². The molecule has 0 atom stereocenters. The van der Waals surface area contributed by atoms with Crippen LogP contribution in [0.15, 0.2) is 34.7 Å². The first-order chi connectivity index (χ1) is 11.8. The minimum atomic E-state index is -0.221. The number of benzene rings is 1. The van der Waals surface area contributed by atoms with E-state index in [-0.39, 0.29) is 6.09 Å². The van der Waals surface area contributed by atoms with Crippen molar-refractivity contribution in [3.63, 3.8) is 0 Å². The van der Waals surface area contributed by atoms with Crippen molar-refractivity contribution in [2.75, 3.05) is 39.3 Å². The van der Waals surface area contributed by atoms with Crippen LogP contribution in [-0.4, -0.2) is 65.4 Å². The summed E-state index contributed by atoms with van der Waals surface area (Å²) in [5.41, 5.74) is 0.930. The molecule has 0 bridgehead atoms. The number of hydrogen-bond acceptors (Lipinski definition) is 6. The lowest BCUT2D eigenvalue weighted by Crippen LogP contribution is -2.49. The number of piperazine rings is 1. The van der Waals surface area contributed by atoms with Crippen LogP contribution >= 0.6 is 0 Å². The topological polar surface area (TPSA) is 71.7 Å². The quantitative estimate of drug-likeness (QED) is 0.835. The summed E-state index contributed by atoms with van der Waals surface area (Å²) in [5, 5.41) is 8.22. The maximum absolute atomic E-state index is 11.7. The van der Waals surface area contributed by atoms with Crippen LogP contribution in [0.2, 0.25) is 0 Å². The Morgan fingerprint density at radius 3 is 2.62 bits per heavy atom. The summed E-state index contributed by atoms with van der Waals surface area (Å²) in [7, 11) is 0. The second-order valence-corrected chi connectivity index (χ2v) is 5.64. The summed E-state index contributed by atoms with van der Waals surface area (Å²) in [6.45, 7) is 6.13. The van der Waals surface area contributed by atoms with E-state index in [0.29, 0.717) is 37.9 Å². The predicted octanol–water partition coefficient (Wildman–Crippen LogP) is 2.05. The minimum Gasteiger partial charge on any atom is -0.450 e. The number of rotatable bonds is 5. The van der Waals surface area contributed by atoms with Crippen molar-refractivity contribution in [1.29, 1.82) is 0 Å². The third-order valence-electron chi connectivity index (χ3n) is 4.03. The highest BCUT2D eigenvalue weighted by atomic mass is 16.6. The smallest absolute Gasteiger partial charge is 0.409 e. The molecular weight excluding hydrogens is 308 g/mol. The lowest BCUT2D eigenvalue weighted by Gasteiger charge is -2.33. The molecule has 2 aromatic rings. The fourth-order valence-electron chi connectivity index (χ4n) is 2.67. The van der Waals surface area contributed by atoms with Crippen molar-refractivity contribution in [3.05, 3.63) is 36.2 Å². The highest BCUT2D eigenvalue weighted by molar-refractivity contribution is 5.67. The van der Waals surface area contributed by atoms with Gasteiger partial charge in [0.15, 0.2) is 0 Å². The number of carbonyl (C=O) groups is 1. The minimum absolute atomic E-state index is 0.221. The molecule has 128 valence electrons. The van der Waals surface area contributed by atoms with E-state index in [1.807, 2.05) is 37.3 Å². The van der Waals surface area contributed by atoms with Gasteiger partial charge in [-0.25, -0.2) is 4.79 Å². The second-order valence-electron chi connectivity index (χ2n) is 5.64. The average molecular weight is 330 g/mol. The van der Waals surface area contributed by atoms with Crippen LogP contribution in [0.1, 0.15) is 12.8 Å². The summed E-state index contributed by atoms with van der Waals surface area (Å²) in [6, 6.07) is 9.75. The third-order valence-corrected chi connectivity index (χ3v) is 4.03. The molecule has 0 saturated carbocycles. The van der Waals surface area contributed by atoms with Gasteiger partial charge in [0.2, 0.25) is 11.8 Å². The number of hydrogen-bond donors (Lipinski definition) is 0. The maximum Gasteiger partial charge on any atom is 0.409 e. The molecule has 0 spiro atoms. The van der Waals surface area contributed by atoms with E-state index in [1.165, 1.54) is 0 Å². The van der Waals surface area contributed by atoms with Gasteiger partial charge in [-0.3, -0.25) is 4.90 Å². The standard InChI is InChI=1S/C17H22N4O3/c1-2-23-17(22)21-12-10-20(11-13-21)9-8-15-18-19-16(24-15)14-6-4-3-5-7-14/h3-7H,2,8-13H2,1H3. The summed E-state index contributed by atoms with van der Waals surface area (Å²) in [6.07, 6.45) is 0.487. The third kappa shape index (κ3) is 4.11. The van der Waals surface area contributed by atoms with Gasteiger partial charge in [-0.1, -0.05) is 18.2 Å². The Kier molecular flexibility index (Phi) is 5.43. The summed E-state index contributed by atoms with van der Waals surface area (Å²) in [4.78, 5) is 15.7. The average Bonchev–Trinajstić information content (AvgIpc) is 3.10. The van der Waals surface area contributed by atoms with Gasteiger partial charge in [-0.05, 0) is 19.1 Å². The molecule has 7 nitrogen and oxygen atoms in total. The first-order valence-electron chi connectivity index (χ1n) is 8.28. The Bertz CT molecular complexity index is 651. The number of aromatic nitrogens is 2. The number of carbonyl (C=O) groups excluding carboxylic acids is 1. The molecule has 3 rings (SSSR count). The Labute approximate surface area is 141 Å². The molecule has 0 radical (unpaired) electrons. The molecule has 2 heterocycles. The van der Waals surface area contributed by atoms with E-state index in [2.05, 4.69) is 15.1 Å². The lowest BCUT2D eigenvalue weighted by atomic mass is 10.2. The predicted molar refractivity (Wildman–Crippen MR) is 88.5 cm³/mol. The number of ether oxygens (including phenoxy) is 1. The molecule has 24 heavy (non-hydrogen) atoms. The van der Waals surface area contributed by atoms with Crippen LogP contribution in [0.25, 0.3) is 11.5 Å². The molecule has 0 unspecified atom stereocenters. The molecule has 0 N–H and O–H groups in total. The molecule has 0 aliphatic carbocycles. The molecule has 1 aliphatic heterocycles. The van der Waals surface area contributed by atoms with Crippen molar-refractivity contribution >= 4 is 6.09 Å². The van der Waals surface area contributed by atoms with Gasteiger partial charge in [-0.2, -0.15) is 0 Å². The molecular formula is C17H22N4O3. The fraction of sp³-hybridized carbons (Fsp3) is 0.471. The highest BCUT2D eigenvalue weighted by Crippen LogP contribution is 2.17. The van der Waals surface area contributed by atoms with Gasteiger partial charge >= 0.3 is 6.09 Å². The molecule has 1 saturated heterocycles. The van der Waals surface area contributed by atoms with Crippen LogP contribution < -0.4 is 0 Å². The normalized spacial score (nSPS) is 15.5. The van der Waals surface area contributed by atoms with Crippen molar-refractivity contribution < 1.29 is 13.9 Å². The summed E-state index contributed by atoms with van der Waals surface area (Å²) in [5.74, 6) is 1.19. The van der Waals surface area contributed by atoms with Crippen LogP contribution in [0.5, 0.6) is 0 Å². The van der Waals surface area contributed by atoms with E-state index in [1.54, 1.807) is 4.90 Å². The van der Waals surface area contributed by atoms with E-state index in [9.17, 15) is 4.79 Å². The number of amides is 1. The van der Waals surface area contributed by atoms with Crippen molar-refractivity contribution in [2.45, 2.75) is 13.3 Å². The van der Waals surface area contributed by atoms with Crippen LogP contribution in [0.4, 0.5) is 4.79 Å². The number of nitrogens with zero attached hydrogens (tertiary/aromatic N) is 4. The van der Waals surface area contributed by atoms with Gasteiger partial charge in [0.1, 0.15) is 0 Å². The van der Waals surface area contributed by atoms with Crippen molar-refractivity contribution in [3.8, 4) is 11.5 Å². The maximum atomic E-state index is 11.7. The van der Waals surface area contributed by atoms with Gasteiger partial charge in [-0.15, -0.1) is 10.2 Å². The molecule has 1 fully saturated rings. The zero-order valence-electron chi connectivity index (χ0n) is 13.9. The Morgan fingerprint density at radius 2 is 1.92 bits per heavy atom. The zero-order valence-corrected chi connectivity index (χ0v) is 13.9. The Morgan fingerprint density at radius 1 is 1.17 bits per heavy atom. The second kappa shape index (κ2) is 7.92. The molecule has 1 aromatic heterocycles. The summed E-state index contributed by atoms with van der Waals surface area (Å²) < 4.78 is 10.7. The lowest BCUT2D eigenvalue weighted by molar-refractivity contribution is 0.0795. The highest BCUT2D eigenvalue weighted by Gasteiger charge is 2.22. The SMILES string of the molecule is CCOC(=O)N1CCN(CCc2nnc(-c3ccccc3)o2)CC1. The Balaban J connectivity index is 1.46. The molecule has 1 aromatic carbocycles. The monoisotopic (exact) mass is 330 g/mol. The fourth-order valence-corrected chi connectivity index (χ4v) is 2.67. The van der Waals surface area contributed by atoms with Gasteiger partial charge in [0.25, 0.3) is 0 Å². The van der Waals surface area contributed by atoms with E-state index < -0.39 is 0 Å². The first-order valence-corrected chi connectivity index (χ1v) is 8.28. The molecule has 1 amide bonds. The molecule has 1 aliphatic rings. The Hall–Kier alpha value is -2.41. The van der Waals surface area contributed by atoms with Crippen molar-refractivity contribution in [2.24, 2.45) is 0 Å². The summed E-state index contributed by atoms with van der Waals surface area (Å²) >= 11 is 0. The van der Waals surface area contributed by atoms with Crippen LogP contribution in [0, 0.1) is 0 Å². The first kappa shape index (κ1) is 16.4. The largest absolute Gasteiger partial charge is 0.450 e. The van der Waals surface area contributed by atoms with E-state index in [0.717, 1.165) is 25.2 Å².